The monoisotopic (exact) mass is 448 g/mol. The van der Waals surface area contributed by atoms with E-state index in [1.54, 1.807) is 13.2 Å². The molecule has 2 atom stereocenters. The number of furan rings is 1. The van der Waals surface area contributed by atoms with Crippen LogP contribution in [0.3, 0.4) is 0 Å². The van der Waals surface area contributed by atoms with Gasteiger partial charge in [0.2, 0.25) is 11.9 Å². The highest BCUT2D eigenvalue weighted by atomic mass is 32.2. The van der Waals surface area contributed by atoms with Gasteiger partial charge in [0.05, 0.1) is 18.1 Å². The van der Waals surface area contributed by atoms with E-state index in [4.69, 9.17) is 4.42 Å². The van der Waals surface area contributed by atoms with Gasteiger partial charge in [-0.05, 0) is 58.6 Å². The third-order valence-electron chi connectivity index (χ3n) is 4.91. The molecular weight excluding hydrogens is 416 g/mol. The lowest BCUT2D eigenvalue weighted by Gasteiger charge is -2.31. The zero-order valence-corrected chi connectivity index (χ0v) is 19.7. The van der Waals surface area contributed by atoms with Crippen molar-refractivity contribution in [3.8, 4) is 0 Å². The number of aromatic nitrogens is 3. The molecule has 0 spiro atoms. The van der Waals surface area contributed by atoms with Crippen molar-refractivity contribution in [2.45, 2.75) is 70.0 Å². The molecule has 170 valence electrons. The standard InChI is InChI=1S/C21H32N6O3S/c1-14-8-6-10-26(12-14)19-24-25-20(27(19)13-16-9-7-11-30-16)31-15(2)17(28)22-18(29)23-21(3,4)5/h7,9,11,14-15H,6,8,10,12-13H2,1-5H3,(H2,22,23,28,29)/t14-,15+/m0/s1. The smallest absolute Gasteiger partial charge is 0.321 e. The Kier molecular flexibility index (Phi) is 7.30. The Morgan fingerprint density at radius 2 is 2.13 bits per heavy atom. The minimum Gasteiger partial charge on any atom is -0.467 e. The molecule has 2 aromatic heterocycles. The molecule has 10 heteroatoms. The average Bonchev–Trinajstić information content (AvgIpc) is 3.31. The van der Waals surface area contributed by atoms with Gasteiger partial charge in [-0.1, -0.05) is 18.7 Å². The number of rotatable bonds is 6. The number of nitrogens with zero attached hydrogens (tertiary/aromatic N) is 4. The minimum atomic E-state index is -0.529. The van der Waals surface area contributed by atoms with Gasteiger partial charge in [-0.3, -0.25) is 14.7 Å². The Morgan fingerprint density at radius 1 is 1.35 bits per heavy atom. The lowest BCUT2D eigenvalue weighted by atomic mass is 10.0. The van der Waals surface area contributed by atoms with Crippen LogP contribution in [-0.2, 0) is 11.3 Å². The molecule has 2 N–H and O–H groups in total. The summed E-state index contributed by atoms with van der Waals surface area (Å²) in [5.41, 5.74) is -0.426. The lowest BCUT2D eigenvalue weighted by Crippen LogP contribution is -2.49. The molecular formula is C21H32N6O3S. The van der Waals surface area contributed by atoms with Crippen molar-refractivity contribution in [1.29, 1.82) is 0 Å². The molecule has 1 saturated heterocycles. The van der Waals surface area contributed by atoms with Crippen LogP contribution in [0.15, 0.2) is 28.0 Å². The summed E-state index contributed by atoms with van der Waals surface area (Å²) in [4.78, 5) is 26.8. The van der Waals surface area contributed by atoms with E-state index >= 15 is 0 Å². The first-order valence-electron chi connectivity index (χ1n) is 10.6. The summed E-state index contributed by atoms with van der Waals surface area (Å²) in [7, 11) is 0. The highest BCUT2D eigenvalue weighted by molar-refractivity contribution is 8.00. The number of nitrogens with one attached hydrogen (secondary N) is 2. The number of thioether (sulfide) groups is 1. The molecule has 0 saturated carbocycles. The molecule has 9 nitrogen and oxygen atoms in total. The van der Waals surface area contributed by atoms with Gasteiger partial charge in [-0.25, -0.2) is 4.79 Å². The molecule has 0 radical (unpaired) electrons. The van der Waals surface area contributed by atoms with Gasteiger partial charge in [-0.15, -0.1) is 10.2 Å². The Bertz CT molecular complexity index is 890. The number of piperidine rings is 1. The highest BCUT2D eigenvalue weighted by Gasteiger charge is 2.27. The number of carbonyl (C=O) groups is 2. The number of imide groups is 1. The Balaban J connectivity index is 1.75. The summed E-state index contributed by atoms with van der Waals surface area (Å²) >= 11 is 1.27. The third kappa shape index (κ3) is 6.49. The number of urea groups is 1. The van der Waals surface area contributed by atoms with Crippen LogP contribution in [0.2, 0.25) is 0 Å². The van der Waals surface area contributed by atoms with Crippen molar-refractivity contribution in [3.05, 3.63) is 24.2 Å². The number of amides is 3. The van der Waals surface area contributed by atoms with Crippen LogP contribution in [0.25, 0.3) is 0 Å². The van der Waals surface area contributed by atoms with Gasteiger partial charge in [-0.2, -0.15) is 0 Å². The van der Waals surface area contributed by atoms with Crippen LogP contribution in [0.1, 0.15) is 53.2 Å². The predicted octanol–water partition coefficient (Wildman–Crippen LogP) is 3.26. The van der Waals surface area contributed by atoms with Crippen LogP contribution in [0.5, 0.6) is 0 Å². The number of anilines is 1. The first-order valence-corrected chi connectivity index (χ1v) is 11.5. The summed E-state index contributed by atoms with van der Waals surface area (Å²) in [6.07, 6.45) is 3.95. The second-order valence-corrected chi connectivity index (χ2v) is 10.4. The fourth-order valence-electron chi connectivity index (χ4n) is 3.47. The summed E-state index contributed by atoms with van der Waals surface area (Å²) in [6, 6.07) is 3.24. The van der Waals surface area contributed by atoms with E-state index in [0.29, 0.717) is 17.6 Å². The quantitative estimate of drug-likeness (QED) is 0.654. The van der Waals surface area contributed by atoms with Crippen LogP contribution in [0, 0.1) is 5.92 Å². The van der Waals surface area contributed by atoms with E-state index < -0.39 is 16.8 Å². The molecule has 2 aromatic rings. The summed E-state index contributed by atoms with van der Waals surface area (Å²) in [5.74, 6) is 1.77. The Hall–Kier alpha value is -2.49. The second-order valence-electron chi connectivity index (χ2n) is 9.09. The van der Waals surface area contributed by atoms with E-state index in [-0.39, 0.29) is 5.91 Å². The van der Waals surface area contributed by atoms with E-state index in [1.165, 1.54) is 18.2 Å². The molecule has 0 aliphatic carbocycles. The van der Waals surface area contributed by atoms with Crippen molar-refractivity contribution < 1.29 is 14.0 Å². The summed E-state index contributed by atoms with van der Waals surface area (Å²) in [5, 5.41) is 14.0. The molecule has 3 heterocycles. The SMILES string of the molecule is C[C@H]1CCCN(c2nnc(S[C@H](C)C(=O)NC(=O)NC(C)(C)C)n2Cc2ccco2)C1. The maximum Gasteiger partial charge on any atom is 0.321 e. The number of carbonyl (C=O) groups excluding carboxylic acids is 2. The largest absolute Gasteiger partial charge is 0.467 e. The fourth-order valence-corrected chi connectivity index (χ4v) is 4.31. The first-order chi connectivity index (χ1) is 14.6. The van der Waals surface area contributed by atoms with Crippen LogP contribution in [0.4, 0.5) is 10.7 Å². The number of hydrogen-bond acceptors (Lipinski definition) is 7. The first kappa shape index (κ1) is 23.2. The molecule has 1 fully saturated rings. The third-order valence-corrected chi connectivity index (χ3v) is 5.99. The van der Waals surface area contributed by atoms with Crippen molar-refractivity contribution >= 4 is 29.6 Å². The van der Waals surface area contributed by atoms with Gasteiger partial charge >= 0.3 is 6.03 Å². The lowest BCUT2D eigenvalue weighted by molar-refractivity contribution is -0.119. The Morgan fingerprint density at radius 3 is 2.77 bits per heavy atom. The molecule has 0 unspecified atom stereocenters. The maximum atomic E-state index is 12.5. The molecule has 31 heavy (non-hydrogen) atoms. The zero-order valence-electron chi connectivity index (χ0n) is 18.8. The summed E-state index contributed by atoms with van der Waals surface area (Å²) in [6.45, 7) is 11.9. The molecule has 3 amide bonds. The van der Waals surface area contributed by atoms with Crippen LogP contribution >= 0.6 is 11.8 Å². The average molecular weight is 449 g/mol. The minimum absolute atomic E-state index is 0.382. The van der Waals surface area contributed by atoms with Crippen molar-refractivity contribution in [1.82, 2.24) is 25.4 Å². The van der Waals surface area contributed by atoms with Crippen LogP contribution < -0.4 is 15.5 Å². The fraction of sp³-hybridized carbons (Fsp3) is 0.619. The van der Waals surface area contributed by atoms with Gasteiger partial charge in [0.15, 0.2) is 5.16 Å². The second kappa shape index (κ2) is 9.76. The van der Waals surface area contributed by atoms with E-state index in [1.807, 2.05) is 37.5 Å². The van der Waals surface area contributed by atoms with Gasteiger partial charge in [0, 0.05) is 18.6 Å². The van der Waals surface area contributed by atoms with E-state index in [9.17, 15) is 9.59 Å². The summed E-state index contributed by atoms with van der Waals surface area (Å²) < 4.78 is 7.53. The molecule has 3 rings (SSSR count). The zero-order chi connectivity index (χ0) is 22.6. The normalized spacial score (nSPS) is 18.0. The molecule has 0 aromatic carbocycles. The predicted molar refractivity (Wildman–Crippen MR) is 120 cm³/mol. The number of hydrogen-bond donors (Lipinski definition) is 2. The van der Waals surface area contributed by atoms with Crippen molar-refractivity contribution in [2.75, 3.05) is 18.0 Å². The van der Waals surface area contributed by atoms with Gasteiger partial charge in [0.25, 0.3) is 0 Å². The van der Waals surface area contributed by atoms with Gasteiger partial charge < -0.3 is 14.6 Å². The highest BCUT2D eigenvalue weighted by Crippen LogP contribution is 2.29. The topological polar surface area (TPSA) is 105 Å². The van der Waals surface area contributed by atoms with E-state index in [0.717, 1.165) is 31.2 Å². The molecule has 0 bridgehead atoms. The molecule has 1 aliphatic rings. The van der Waals surface area contributed by atoms with Crippen LogP contribution in [-0.4, -0.2) is 50.6 Å². The Labute approximate surface area is 187 Å². The maximum absolute atomic E-state index is 12.5. The van der Waals surface area contributed by atoms with E-state index in [2.05, 4.69) is 32.7 Å². The molecule has 1 aliphatic heterocycles. The van der Waals surface area contributed by atoms with Crippen molar-refractivity contribution in [2.24, 2.45) is 5.92 Å². The van der Waals surface area contributed by atoms with Crippen molar-refractivity contribution in [3.63, 3.8) is 0 Å². The van der Waals surface area contributed by atoms with Gasteiger partial charge in [0.1, 0.15) is 5.76 Å².